The summed E-state index contributed by atoms with van der Waals surface area (Å²) in [5.74, 6) is 0.206. The first-order valence-corrected chi connectivity index (χ1v) is 10.3. The molecule has 0 aliphatic rings. The molecule has 0 radical (unpaired) electrons. The SMILES string of the molecule is Nc1ccc2cc(-n3nncc3COc3nc(-c4ccccc4)sc3C=O)c(=O)oc2c1. The van der Waals surface area contributed by atoms with Crippen molar-refractivity contribution in [1.82, 2.24) is 20.0 Å². The Morgan fingerprint density at radius 2 is 2.00 bits per heavy atom. The molecule has 3 heterocycles. The maximum absolute atomic E-state index is 12.5. The number of carbonyl (C=O) groups is 1. The third-order valence-electron chi connectivity index (χ3n) is 4.69. The number of fused-ring (bicyclic) bond motifs is 1. The summed E-state index contributed by atoms with van der Waals surface area (Å²) < 4.78 is 12.5. The van der Waals surface area contributed by atoms with Crippen LogP contribution in [-0.2, 0) is 6.61 Å². The number of thiazole rings is 1. The molecule has 0 fully saturated rings. The van der Waals surface area contributed by atoms with Gasteiger partial charge in [0.25, 0.3) is 0 Å². The van der Waals surface area contributed by atoms with Crippen LogP contribution in [0.15, 0.2) is 70.0 Å². The molecule has 0 saturated heterocycles. The molecule has 3 aromatic heterocycles. The van der Waals surface area contributed by atoms with Gasteiger partial charge in [-0.3, -0.25) is 4.79 Å². The molecule has 0 spiro atoms. The van der Waals surface area contributed by atoms with Gasteiger partial charge >= 0.3 is 5.63 Å². The molecule has 32 heavy (non-hydrogen) atoms. The molecule has 5 aromatic rings. The van der Waals surface area contributed by atoms with Crippen molar-refractivity contribution in [2.75, 3.05) is 5.73 Å². The maximum Gasteiger partial charge on any atom is 0.362 e. The van der Waals surface area contributed by atoms with Crippen LogP contribution < -0.4 is 16.1 Å². The Labute approximate surface area is 184 Å². The predicted molar refractivity (Wildman–Crippen MR) is 119 cm³/mol. The quantitative estimate of drug-likeness (QED) is 0.239. The highest BCUT2D eigenvalue weighted by Gasteiger charge is 2.17. The average Bonchev–Trinajstić information content (AvgIpc) is 3.44. The zero-order valence-electron chi connectivity index (χ0n) is 16.5. The van der Waals surface area contributed by atoms with Crippen LogP contribution in [0.1, 0.15) is 15.4 Å². The molecule has 2 N–H and O–H groups in total. The fourth-order valence-electron chi connectivity index (χ4n) is 3.16. The van der Waals surface area contributed by atoms with Gasteiger partial charge < -0.3 is 14.9 Å². The Kier molecular flexibility index (Phi) is 4.96. The summed E-state index contributed by atoms with van der Waals surface area (Å²) in [4.78, 5) is 28.9. The number of carbonyl (C=O) groups excluding carboxylic acids is 1. The summed E-state index contributed by atoms with van der Waals surface area (Å²) in [6, 6.07) is 16.2. The second-order valence-electron chi connectivity index (χ2n) is 6.81. The number of nitrogens with two attached hydrogens (primary N) is 1. The summed E-state index contributed by atoms with van der Waals surface area (Å²) in [5.41, 5.74) is 7.58. The summed E-state index contributed by atoms with van der Waals surface area (Å²) in [6.07, 6.45) is 2.18. The monoisotopic (exact) mass is 445 g/mol. The standard InChI is InChI=1S/C22H15N5O4S/c23-15-7-6-14-8-17(22(29)31-18(14)9-15)27-16(10-24-26-27)12-30-20-19(11-28)32-21(25-20)13-4-2-1-3-5-13/h1-11H,12,23H2. The van der Waals surface area contributed by atoms with E-state index >= 15 is 0 Å². The number of hydrogen-bond acceptors (Lipinski definition) is 9. The zero-order chi connectivity index (χ0) is 22.1. The molecule has 158 valence electrons. The number of hydrogen-bond donors (Lipinski definition) is 1. The van der Waals surface area contributed by atoms with E-state index in [-0.39, 0.29) is 18.2 Å². The fourth-order valence-corrected chi connectivity index (χ4v) is 4.00. The van der Waals surface area contributed by atoms with Gasteiger partial charge in [-0.2, -0.15) is 0 Å². The topological polar surface area (TPSA) is 126 Å². The van der Waals surface area contributed by atoms with E-state index in [4.69, 9.17) is 14.9 Å². The van der Waals surface area contributed by atoms with Crippen LogP contribution in [0.25, 0.3) is 27.2 Å². The minimum Gasteiger partial charge on any atom is -0.470 e. The molecule has 0 saturated carbocycles. The first-order valence-electron chi connectivity index (χ1n) is 9.50. The summed E-state index contributed by atoms with van der Waals surface area (Å²) in [7, 11) is 0. The molecule has 0 unspecified atom stereocenters. The van der Waals surface area contributed by atoms with Gasteiger partial charge in [-0.15, -0.1) is 16.4 Å². The van der Waals surface area contributed by atoms with Crippen LogP contribution in [-0.4, -0.2) is 26.3 Å². The van der Waals surface area contributed by atoms with Crippen molar-refractivity contribution >= 4 is 34.3 Å². The Morgan fingerprint density at radius 1 is 1.16 bits per heavy atom. The predicted octanol–water partition coefficient (Wildman–Crippen LogP) is 3.47. The van der Waals surface area contributed by atoms with Gasteiger partial charge in [-0.25, -0.2) is 14.5 Å². The molecule has 0 aliphatic carbocycles. The largest absolute Gasteiger partial charge is 0.470 e. The maximum atomic E-state index is 12.5. The molecule has 0 amide bonds. The number of benzene rings is 2. The number of nitrogens with zero attached hydrogens (tertiary/aromatic N) is 4. The van der Waals surface area contributed by atoms with E-state index in [2.05, 4.69) is 15.3 Å². The number of nitrogen functional groups attached to an aromatic ring is 1. The first-order chi connectivity index (χ1) is 15.6. The first kappa shape index (κ1) is 19.6. The second-order valence-corrected chi connectivity index (χ2v) is 7.85. The smallest absolute Gasteiger partial charge is 0.362 e. The zero-order valence-corrected chi connectivity index (χ0v) is 17.3. The molecule has 0 atom stereocenters. The lowest BCUT2D eigenvalue weighted by atomic mass is 10.2. The number of anilines is 1. The van der Waals surface area contributed by atoms with Crippen molar-refractivity contribution in [2.24, 2.45) is 0 Å². The van der Waals surface area contributed by atoms with E-state index in [1.54, 1.807) is 24.3 Å². The minimum atomic E-state index is -0.594. The lowest BCUT2D eigenvalue weighted by Gasteiger charge is -2.07. The van der Waals surface area contributed by atoms with Gasteiger partial charge in [-0.05, 0) is 18.2 Å². The summed E-state index contributed by atoms with van der Waals surface area (Å²) in [5, 5.41) is 9.24. The highest BCUT2D eigenvalue weighted by molar-refractivity contribution is 7.16. The average molecular weight is 445 g/mol. The Bertz CT molecular complexity index is 1490. The van der Waals surface area contributed by atoms with Gasteiger partial charge in [0.2, 0.25) is 5.88 Å². The Morgan fingerprint density at radius 3 is 2.81 bits per heavy atom. The van der Waals surface area contributed by atoms with Gasteiger partial charge in [0.05, 0.1) is 6.20 Å². The van der Waals surface area contributed by atoms with Gasteiger partial charge in [-0.1, -0.05) is 35.5 Å². The number of aldehydes is 1. The summed E-state index contributed by atoms with van der Waals surface area (Å²) >= 11 is 1.24. The van der Waals surface area contributed by atoms with Crippen molar-refractivity contribution in [3.8, 4) is 22.1 Å². The third kappa shape index (κ3) is 3.63. The van der Waals surface area contributed by atoms with Crippen molar-refractivity contribution in [1.29, 1.82) is 0 Å². The van der Waals surface area contributed by atoms with Crippen molar-refractivity contribution in [2.45, 2.75) is 6.61 Å². The molecular weight excluding hydrogens is 430 g/mol. The van der Waals surface area contributed by atoms with Crippen LogP contribution in [0.2, 0.25) is 0 Å². The second kappa shape index (κ2) is 8.08. The van der Waals surface area contributed by atoms with E-state index in [9.17, 15) is 9.59 Å². The van der Waals surface area contributed by atoms with E-state index in [0.29, 0.717) is 38.5 Å². The number of rotatable bonds is 6. The van der Waals surface area contributed by atoms with Gasteiger partial charge in [0, 0.05) is 22.7 Å². The Hall–Kier alpha value is -4.31. The molecule has 0 aliphatic heterocycles. The van der Waals surface area contributed by atoms with E-state index in [1.807, 2.05) is 30.3 Å². The van der Waals surface area contributed by atoms with Crippen LogP contribution >= 0.6 is 11.3 Å². The van der Waals surface area contributed by atoms with Crippen LogP contribution in [0.4, 0.5) is 5.69 Å². The van der Waals surface area contributed by atoms with Gasteiger partial charge in [0.1, 0.15) is 27.8 Å². The molecular formula is C22H15N5O4S. The van der Waals surface area contributed by atoms with E-state index in [1.165, 1.54) is 22.2 Å². The van der Waals surface area contributed by atoms with Crippen molar-refractivity contribution in [3.63, 3.8) is 0 Å². The lowest BCUT2D eigenvalue weighted by Crippen LogP contribution is -2.15. The Balaban J connectivity index is 1.44. The third-order valence-corrected chi connectivity index (χ3v) is 5.71. The molecule has 9 nitrogen and oxygen atoms in total. The molecule has 10 heteroatoms. The van der Waals surface area contributed by atoms with Crippen molar-refractivity contribution < 1.29 is 13.9 Å². The van der Waals surface area contributed by atoms with Gasteiger partial charge in [0.15, 0.2) is 12.0 Å². The summed E-state index contributed by atoms with van der Waals surface area (Å²) in [6.45, 7) is -0.00891. The normalized spacial score (nSPS) is 11.0. The van der Waals surface area contributed by atoms with Crippen molar-refractivity contribution in [3.05, 3.63) is 81.8 Å². The fraction of sp³-hybridized carbons (Fsp3) is 0.0455. The van der Waals surface area contributed by atoms with E-state index in [0.717, 1.165) is 5.56 Å². The number of aromatic nitrogens is 4. The number of ether oxygens (including phenoxy) is 1. The molecule has 0 bridgehead atoms. The lowest BCUT2D eigenvalue weighted by molar-refractivity contribution is 0.112. The van der Waals surface area contributed by atoms with E-state index < -0.39 is 5.63 Å². The molecule has 2 aromatic carbocycles. The molecule has 5 rings (SSSR count). The van der Waals surface area contributed by atoms with Crippen LogP contribution in [0.3, 0.4) is 0 Å². The highest BCUT2D eigenvalue weighted by Crippen LogP contribution is 2.31. The van der Waals surface area contributed by atoms with Crippen LogP contribution in [0, 0.1) is 0 Å². The highest BCUT2D eigenvalue weighted by atomic mass is 32.1. The minimum absolute atomic E-state index is 0.00891. The van der Waals surface area contributed by atoms with Crippen LogP contribution in [0.5, 0.6) is 5.88 Å².